The lowest BCUT2D eigenvalue weighted by molar-refractivity contribution is 0.236. The average Bonchev–Trinajstić information content (AvgIpc) is 2.73. The Morgan fingerprint density at radius 3 is 2.36 bits per heavy atom. The van der Waals surface area contributed by atoms with Crippen LogP contribution in [0.3, 0.4) is 0 Å². The first-order valence-corrected chi connectivity index (χ1v) is 4.74. The lowest BCUT2D eigenvalue weighted by Gasteiger charge is -2.28. The van der Waals surface area contributed by atoms with Gasteiger partial charge in [0.05, 0.1) is 0 Å². The zero-order chi connectivity index (χ0) is 8.32. The van der Waals surface area contributed by atoms with Gasteiger partial charge in [-0.2, -0.15) is 0 Å². The zero-order valence-electron chi connectivity index (χ0n) is 7.98. The third kappa shape index (κ3) is 2.17. The maximum atomic E-state index is 3.44. The Kier molecular flexibility index (Phi) is 2.90. The molecule has 2 heteroatoms. The predicted molar refractivity (Wildman–Crippen MR) is 48.8 cm³/mol. The molecule has 2 fully saturated rings. The summed E-state index contributed by atoms with van der Waals surface area (Å²) in [7, 11) is 2.21. The first-order chi connectivity index (χ1) is 5.31. The highest BCUT2D eigenvalue weighted by Crippen LogP contribution is 2.27. The van der Waals surface area contributed by atoms with E-state index in [0.717, 1.165) is 0 Å². The van der Waals surface area contributed by atoms with E-state index in [9.17, 15) is 0 Å². The molecule has 66 valence electrons. The Balaban J connectivity index is 0.000000281. The van der Waals surface area contributed by atoms with E-state index in [1.54, 1.807) is 0 Å². The van der Waals surface area contributed by atoms with Crippen molar-refractivity contribution in [3.63, 3.8) is 0 Å². The molecule has 2 rings (SSSR count). The first kappa shape index (κ1) is 9.01. The Hall–Kier alpha value is -0.0800. The van der Waals surface area contributed by atoms with Crippen LogP contribution in [0.1, 0.15) is 26.7 Å². The van der Waals surface area contributed by atoms with Gasteiger partial charge in [0.25, 0.3) is 0 Å². The van der Waals surface area contributed by atoms with Crippen LogP contribution in [-0.4, -0.2) is 37.1 Å². The second-order valence-corrected chi connectivity index (χ2v) is 3.48. The SMILES string of the molecule is CC.CN1CCCC2(CN2)C1. The lowest BCUT2D eigenvalue weighted by atomic mass is 9.99. The molecule has 2 nitrogen and oxygen atoms in total. The Labute approximate surface area is 70.0 Å². The van der Waals surface area contributed by atoms with Crippen molar-refractivity contribution >= 4 is 0 Å². The number of likely N-dealkylation sites (tertiary alicyclic amines) is 1. The van der Waals surface area contributed by atoms with E-state index < -0.39 is 0 Å². The van der Waals surface area contributed by atoms with Gasteiger partial charge in [-0.15, -0.1) is 0 Å². The summed E-state index contributed by atoms with van der Waals surface area (Å²) in [6.07, 6.45) is 2.78. The van der Waals surface area contributed by atoms with Crippen LogP contribution in [-0.2, 0) is 0 Å². The molecule has 1 unspecified atom stereocenters. The van der Waals surface area contributed by atoms with E-state index in [1.165, 1.54) is 32.5 Å². The first-order valence-electron chi connectivity index (χ1n) is 4.74. The summed E-state index contributed by atoms with van der Waals surface area (Å²) in [4.78, 5) is 2.42. The quantitative estimate of drug-likeness (QED) is 0.531. The molecule has 2 heterocycles. The van der Waals surface area contributed by atoms with Gasteiger partial charge in [-0.05, 0) is 26.4 Å². The van der Waals surface area contributed by atoms with Crippen LogP contribution in [0.2, 0.25) is 0 Å². The van der Waals surface area contributed by atoms with Gasteiger partial charge in [-0.1, -0.05) is 13.8 Å². The van der Waals surface area contributed by atoms with Crippen LogP contribution >= 0.6 is 0 Å². The van der Waals surface area contributed by atoms with Crippen LogP contribution in [0, 0.1) is 0 Å². The van der Waals surface area contributed by atoms with Gasteiger partial charge in [0.1, 0.15) is 0 Å². The van der Waals surface area contributed by atoms with Gasteiger partial charge in [0.2, 0.25) is 0 Å². The molecule has 2 saturated heterocycles. The molecule has 0 aromatic carbocycles. The van der Waals surface area contributed by atoms with Crippen molar-refractivity contribution in [2.45, 2.75) is 32.2 Å². The van der Waals surface area contributed by atoms with Gasteiger partial charge in [0.15, 0.2) is 0 Å². The van der Waals surface area contributed by atoms with Crippen molar-refractivity contribution in [2.75, 3.05) is 26.7 Å². The van der Waals surface area contributed by atoms with Gasteiger partial charge >= 0.3 is 0 Å². The third-order valence-electron chi connectivity index (χ3n) is 2.44. The van der Waals surface area contributed by atoms with Crippen LogP contribution in [0.4, 0.5) is 0 Å². The number of rotatable bonds is 0. The standard InChI is InChI=1S/C7H14N2.C2H6/c1-9-4-2-3-7(6-9)5-8-7;1-2/h8H,2-6H2,1H3;1-2H3. The minimum atomic E-state index is 0.576. The summed E-state index contributed by atoms with van der Waals surface area (Å²) in [6.45, 7) is 7.83. The predicted octanol–water partition coefficient (Wildman–Crippen LogP) is 1.08. The van der Waals surface area contributed by atoms with Crippen molar-refractivity contribution in [2.24, 2.45) is 0 Å². The second kappa shape index (κ2) is 3.55. The highest BCUT2D eigenvalue weighted by Gasteiger charge is 2.43. The summed E-state index contributed by atoms with van der Waals surface area (Å²) < 4.78 is 0. The summed E-state index contributed by atoms with van der Waals surface area (Å²) in [5.74, 6) is 0. The van der Waals surface area contributed by atoms with Crippen molar-refractivity contribution in [3.05, 3.63) is 0 Å². The molecular formula is C9H20N2. The number of hydrogen-bond acceptors (Lipinski definition) is 2. The van der Waals surface area contributed by atoms with Crippen LogP contribution in [0.15, 0.2) is 0 Å². The maximum Gasteiger partial charge on any atom is 0.0436 e. The van der Waals surface area contributed by atoms with E-state index in [-0.39, 0.29) is 0 Å². The lowest BCUT2D eigenvalue weighted by Crippen LogP contribution is -2.39. The molecule has 0 aliphatic carbocycles. The second-order valence-electron chi connectivity index (χ2n) is 3.48. The van der Waals surface area contributed by atoms with Gasteiger partial charge in [-0.3, -0.25) is 0 Å². The fourth-order valence-electron chi connectivity index (χ4n) is 1.78. The Morgan fingerprint density at radius 1 is 1.36 bits per heavy atom. The van der Waals surface area contributed by atoms with Gasteiger partial charge in [-0.25, -0.2) is 0 Å². The third-order valence-corrected chi connectivity index (χ3v) is 2.44. The monoisotopic (exact) mass is 156 g/mol. The van der Waals surface area contributed by atoms with E-state index in [0.29, 0.717) is 5.54 Å². The minimum absolute atomic E-state index is 0.576. The summed E-state index contributed by atoms with van der Waals surface area (Å²) in [5, 5.41) is 3.44. The highest BCUT2D eigenvalue weighted by molar-refractivity contribution is 5.07. The number of likely N-dealkylation sites (N-methyl/N-ethyl adjacent to an activating group) is 1. The zero-order valence-corrected chi connectivity index (χ0v) is 7.98. The molecular weight excluding hydrogens is 136 g/mol. The van der Waals surface area contributed by atoms with Crippen molar-refractivity contribution in [1.29, 1.82) is 0 Å². The molecule has 0 aromatic rings. The molecule has 0 amide bonds. The Bertz CT molecular complexity index is 119. The molecule has 0 saturated carbocycles. The molecule has 0 radical (unpaired) electrons. The topological polar surface area (TPSA) is 25.2 Å². The summed E-state index contributed by atoms with van der Waals surface area (Å²) in [5.41, 5.74) is 0.576. The van der Waals surface area contributed by atoms with Crippen LogP contribution in [0.5, 0.6) is 0 Å². The smallest absolute Gasteiger partial charge is 0.0436 e. The molecule has 0 bridgehead atoms. The van der Waals surface area contributed by atoms with E-state index in [4.69, 9.17) is 0 Å². The summed E-state index contributed by atoms with van der Waals surface area (Å²) in [6, 6.07) is 0. The average molecular weight is 156 g/mol. The molecule has 1 spiro atoms. The number of nitrogens with zero attached hydrogens (tertiary/aromatic N) is 1. The van der Waals surface area contributed by atoms with Crippen molar-refractivity contribution < 1.29 is 0 Å². The van der Waals surface area contributed by atoms with Crippen molar-refractivity contribution in [3.8, 4) is 0 Å². The van der Waals surface area contributed by atoms with Crippen LogP contribution < -0.4 is 5.32 Å². The molecule has 2 aliphatic rings. The largest absolute Gasteiger partial charge is 0.307 e. The number of piperidine rings is 1. The van der Waals surface area contributed by atoms with E-state index in [2.05, 4.69) is 17.3 Å². The normalized spacial score (nSPS) is 36.3. The summed E-state index contributed by atoms with van der Waals surface area (Å²) >= 11 is 0. The molecule has 0 aromatic heterocycles. The molecule has 11 heavy (non-hydrogen) atoms. The van der Waals surface area contributed by atoms with Crippen LogP contribution in [0.25, 0.3) is 0 Å². The number of nitrogens with one attached hydrogen (secondary N) is 1. The van der Waals surface area contributed by atoms with E-state index in [1.807, 2.05) is 13.8 Å². The highest BCUT2D eigenvalue weighted by atomic mass is 15.3. The minimum Gasteiger partial charge on any atom is -0.307 e. The fourth-order valence-corrected chi connectivity index (χ4v) is 1.78. The Morgan fingerprint density at radius 2 is 2.00 bits per heavy atom. The van der Waals surface area contributed by atoms with Crippen molar-refractivity contribution in [1.82, 2.24) is 10.2 Å². The molecule has 1 atom stereocenters. The maximum absolute atomic E-state index is 3.44. The fraction of sp³-hybridized carbons (Fsp3) is 1.00. The molecule has 1 N–H and O–H groups in total. The molecule has 2 aliphatic heterocycles. The van der Waals surface area contributed by atoms with Gasteiger partial charge in [0, 0.05) is 18.6 Å². The van der Waals surface area contributed by atoms with E-state index >= 15 is 0 Å². The van der Waals surface area contributed by atoms with Gasteiger partial charge < -0.3 is 10.2 Å². The number of hydrogen-bond donors (Lipinski definition) is 1.